The molecule has 1 amide bonds. The summed E-state index contributed by atoms with van der Waals surface area (Å²) in [5, 5.41) is 4.48. The molecule has 0 unspecified atom stereocenters. The molecule has 0 bridgehead atoms. The van der Waals surface area contributed by atoms with E-state index in [9.17, 15) is 9.18 Å². The van der Waals surface area contributed by atoms with Crippen molar-refractivity contribution >= 4 is 27.7 Å². The van der Waals surface area contributed by atoms with Crippen LogP contribution in [0.1, 0.15) is 16.1 Å². The number of halogens is 1. The molecule has 0 atom stereocenters. The van der Waals surface area contributed by atoms with Crippen molar-refractivity contribution in [3.63, 3.8) is 0 Å². The molecule has 0 aliphatic carbocycles. The lowest BCUT2D eigenvalue weighted by molar-refractivity contribution is 0.0947. The van der Waals surface area contributed by atoms with Crippen molar-refractivity contribution in [2.24, 2.45) is 0 Å². The Kier molecular flexibility index (Phi) is 3.08. The first kappa shape index (κ1) is 13.5. The summed E-state index contributed by atoms with van der Waals surface area (Å²) >= 11 is 0. The molecule has 0 aliphatic rings. The molecule has 0 saturated heterocycles. The van der Waals surface area contributed by atoms with Crippen LogP contribution in [0.2, 0.25) is 0 Å². The standard InChI is InChI=1S/C17H12FN3O2/c18-11-1-2-12-13-3-5-19-16(15(13)21-14(12)7-11)17(22)20-8-10-4-6-23-9-10/h1-7,9,21H,8H2,(H,20,22). The van der Waals surface area contributed by atoms with Gasteiger partial charge in [0.25, 0.3) is 5.91 Å². The number of nitrogens with zero attached hydrogens (tertiary/aromatic N) is 1. The van der Waals surface area contributed by atoms with Crippen molar-refractivity contribution in [3.8, 4) is 0 Å². The second-order valence-corrected chi connectivity index (χ2v) is 5.21. The number of H-pyrrole nitrogens is 1. The maximum Gasteiger partial charge on any atom is 0.272 e. The first-order chi connectivity index (χ1) is 11.2. The molecule has 6 heteroatoms. The van der Waals surface area contributed by atoms with Gasteiger partial charge >= 0.3 is 0 Å². The maximum atomic E-state index is 13.4. The smallest absolute Gasteiger partial charge is 0.272 e. The van der Waals surface area contributed by atoms with Gasteiger partial charge in [0.15, 0.2) is 5.69 Å². The van der Waals surface area contributed by atoms with Gasteiger partial charge in [-0.3, -0.25) is 4.79 Å². The molecule has 3 aromatic heterocycles. The molecule has 2 N–H and O–H groups in total. The highest BCUT2D eigenvalue weighted by atomic mass is 19.1. The van der Waals surface area contributed by atoms with Crippen LogP contribution in [-0.2, 0) is 6.54 Å². The monoisotopic (exact) mass is 309 g/mol. The van der Waals surface area contributed by atoms with Crippen molar-refractivity contribution in [2.45, 2.75) is 6.54 Å². The third-order valence-electron chi connectivity index (χ3n) is 3.73. The van der Waals surface area contributed by atoms with E-state index in [-0.39, 0.29) is 17.4 Å². The zero-order valence-corrected chi connectivity index (χ0v) is 12.0. The zero-order valence-electron chi connectivity index (χ0n) is 12.0. The summed E-state index contributed by atoms with van der Waals surface area (Å²) in [6.07, 6.45) is 4.69. The zero-order chi connectivity index (χ0) is 15.8. The fraction of sp³-hybridized carbons (Fsp3) is 0.0588. The maximum absolute atomic E-state index is 13.4. The van der Waals surface area contributed by atoms with Gasteiger partial charge in [-0.05, 0) is 30.3 Å². The Bertz CT molecular complexity index is 1010. The molecule has 0 aliphatic heterocycles. The number of aromatic amines is 1. The minimum atomic E-state index is -0.331. The van der Waals surface area contributed by atoms with Gasteiger partial charge in [0.2, 0.25) is 0 Å². The van der Waals surface area contributed by atoms with Crippen molar-refractivity contribution in [2.75, 3.05) is 0 Å². The third-order valence-corrected chi connectivity index (χ3v) is 3.73. The SMILES string of the molecule is O=C(NCc1ccoc1)c1nccc2c1[nH]c1cc(F)ccc12. The van der Waals surface area contributed by atoms with Crippen LogP contribution in [0.15, 0.2) is 53.5 Å². The van der Waals surface area contributed by atoms with Crippen LogP contribution in [0, 0.1) is 5.82 Å². The van der Waals surface area contributed by atoms with Crippen molar-refractivity contribution < 1.29 is 13.6 Å². The fourth-order valence-corrected chi connectivity index (χ4v) is 2.63. The van der Waals surface area contributed by atoms with Gasteiger partial charge in [-0.1, -0.05) is 0 Å². The van der Waals surface area contributed by atoms with Gasteiger partial charge < -0.3 is 14.7 Å². The average molecular weight is 309 g/mol. The number of fused-ring (bicyclic) bond motifs is 3. The Morgan fingerprint density at radius 3 is 3.00 bits per heavy atom. The quantitative estimate of drug-likeness (QED) is 0.609. The Morgan fingerprint density at radius 1 is 1.26 bits per heavy atom. The average Bonchev–Trinajstić information content (AvgIpc) is 3.18. The van der Waals surface area contributed by atoms with Crippen molar-refractivity contribution in [3.05, 3.63) is 66.1 Å². The Hall–Kier alpha value is -3.15. The van der Waals surface area contributed by atoms with Crippen molar-refractivity contribution in [1.29, 1.82) is 0 Å². The van der Waals surface area contributed by atoms with Gasteiger partial charge in [0.1, 0.15) is 5.82 Å². The third kappa shape index (κ3) is 2.34. The predicted molar refractivity (Wildman–Crippen MR) is 83.4 cm³/mol. The van der Waals surface area contributed by atoms with Crippen LogP contribution in [0.25, 0.3) is 21.8 Å². The van der Waals surface area contributed by atoms with Gasteiger partial charge in [0, 0.05) is 34.6 Å². The fourth-order valence-electron chi connectivity index (χ4n) is 2.63. The van der Waals surface area contributed by atoms with Crippen LogP contribution in [0.5, 0.6) is 0 Å². The van der Waals surface area contributed by atoms with Gasteiger partial charge in [-0.15, -0.1) is 0 Å². The molecule has 0 fully saturated rings. The highest BCUT2D eigenvalue weighted by Gasteiger charge is 2.15. The molecule has 5 nitrogen and oxygen atoms in total. The summed E-state index contributed by atoms with van der Waals surface area (Å²) in [6, 6.07) is 8.08. The number of hydrogen-bond acceptors (Lipinski definition) is 3. The first-order valence-electron chi connectivity index (χ1n) is 7.07. The molecule has 114 valence electrons. The number of furan rings is 1. The number of aromatic nitrogens is 2. The number of amides is 1. The topological polar surface area (TPSA) is 70.9 Å². The van der Waals surface area contributed by atoms with Crippen LogP contribution >= 0.6 is 0 Å². The molecular weight excluding hydrogens is 297 g/mol. The molecule has 4 rings (SSSR count). The van der Waals surface area contributed by atoms with E-state index < -0.39 is 0 Å². The first-order valence-corrected chi connectivity index (χ1v) is 7.07. The van der Waals surface area contributed by atoms with E-state index in [1.54, 1.807) is 36.9 Å². The molecule has 0 radical (unpaired) electrons. The van der Waals surface area contributed by atoms with Crippen LogP contribution < -0.4 is 5.32 Å². The van der Waals surface area contributed by atoms with Gasteiger partial charge in [0.05, 0.1) is 18.0 Å². The number of carbonyl (C=O) groups excluding carboxylic acids is 1. The minimum Gasteiger partial charge on any atom is -0.472 e. The van der Waals surface area contributed by atoms with E-state index in [1.165, 1.54) is 12.1 Å². The van der Waals surface area contributed by atoms with E-state index in [0.29, 0.717) is 17.6 Å². The lowest BCUT2D eigenvalue weighted by Gasteiger charge is -2.04. The molecule has 0 spiro atoms. The summed E-state index contributed by atoms with van der Waals surface area (Å²) in [5.41, 5.74) is 2.38. The minimum absolute atomic E-state index is 0.280. The summed E-state index contributed by atoms with van der Waals surface area (Å²) in [6.45, 7) is 0.349. The van der Waals surface area contributed by atoms with E-state index in [1.807, 2.05) is 0 Å². The van der Waals surface area contributed by atoms with E-state index in [4.69, 9.17) is 4.42 Å². The highest BCUT2D eigenvalue weighted by Crippen LogP contribution is 2.27. The predicted octanol–water partition coefficient (Wildman–Crippen LogP) is 3.38. The lowest BCUT2D eigenvalue weighted by atomic mass is 10.1. The molecule has 1 aromatic carbocycles. The number of pyridine rings is 1. The molecule has 23 heavy (non-hydrogen) atoms. The number of rotatable bonds is 3. The van der Waals surface area contributed by atoms with E-state index in [0.717, 1.165) is 16.3 Å². The molecule has 0 saturated carbocycles. The largest absolute Gasteiger partial charge is 0.472 e. The number of benzene rings is 1. The number of nitrogens with one attached hydrogen (secondary N) is 2. The summed E-state index contributed by atoms with van der Waals surface area (Å²) in [7, 11) is 0. The molecule has 4 aromatic rings. The van der Waals surface area contributed by atoms with Gasteiger partial charge in [-0.2, -0.15) is 0 Å². The van der Waals surface area contributed by atoms with Crippen LogP contribution in [-0.4, -0.2) is 15.9 Å². The Morgan fingerprint density at radius 2 is 2.17 bits per heavy atom. The highest BCUT2D eigenvalue weighted by molar-refractivity contribution is 6.13. The summed E-state index contributed by atoms with van der Waals surface area (Å²) in [5.74, 6) is -0.633. The normalized spacial score (nSPS) is 11.2. The van der Waals surface area contributed by atoms with Crippen LogP contribution in [0.4, 0.5) is 4.39 Å². The van der Waals surface area contributed by atoms with Crippen molar-refractivity contribution in [1.82, 2.24) is 15.3 Å². The number of carbonyl (C=O) groups is 1. The Labute approximate surface area is 130 Å². The van der Waals surface area contributed by atoms with Crippen LogP contribution in [0.3, 0.4) is 0 Å². The van der Waals surface area contributed by atoms with E-state index in [2.05, 4.69) is 15.3 Å². The lowest BCUT2D eigenvalue weighted by Crippen LogP contribution is -2.23. The number of hydrogen-bond donors (Lipinski definition) is 2. The second-order valence-electron chi connectivity index (χ2n) is 5.21. The Balaban J connectivity index is 1.74. The summed E-state index contributed by atoms with van der Waals surface area (Å²) in [4.78, 5) is 19.6. The van der Waals surface area contributed by atoms with Gasteiger partial charge in [-0.25, -0.2) is 9.37 Å². The molecule has 3 heterocycles. The second kappa shape index (κ2) is 5.24. The summed E-state index contributed by atoms with van der Waals surface area (Å²) < 4.78 is 18.3. The molecular formula is C17H12FN3O2. The van der Waals surface area contributed by atoms with E-state index >= 15 is 0 Å².